The topological polar surface area (TPSA) is 24.9 Å². The molecule has 0 saturated heterocycles. The Morgan fingerprint density at radius 2 is 1.95 bits per heavy atom. The molecule has 0 radical (unpaired) electrons. The van der Waals surface area contributed by atoms with Crippen molar-refractivity contribution in [2.75, 3.05) is 11.2 Å². The molecule has 19 heavy (non-hydrogen) atoms. The van der Waals surface area contributed by atoms with Crippen LogP contribution in [0.15, 0.2) is 36.5 Å². The van der Waals surface area contributed by atoms with Crippen LogP contribution in [0.5, 0.6) is 0 Å². The van der Waals surface area contributed by atoms with Gasteiger partial charge in [-0.3, -0.25) is 4.98 Å². The first-order valence-corrected chi connectivity index (χ1v) is 7.22. The fraction of sp³-hybridized carbons (Fsp3) is 0.438. The number of alkyl halides is 1. The van der Waals surface area contributed by atoms with E-state index in [1.54, 1.807) is 0 Å². The average molecular weight is 277 g/mol. The Bertz CT molecular complexity index is 540. The summed E-state index contributed by atoms with van der Waals surface area (Å²) >= 11 is 5.93. The number of para-hydroxylation sites is 1. The van der Waals surface area contributed by atoms with Gasteiger partial charge in [0.15, 0.2) is 0 Å². The van der Waals surface area contributed by atoms with E-state index in [4.69, 9.17) is 11.6 Å². The number of fused-ring (bicyclic) bond motifs is 1. The molecule has 0 aliphatic carbocycles. The van der Waals surface area contributed by atoms with Gasteiger partial charge in [0.1, 0.15) is 0 Å². The standard InChI is InChI=1S/C16H21ClN2/c1-16(2,3)15(8-10-17)19-14-9-11-18-13-7-5-4-6-12(13)14/h4-7,9,11,15H,8,10H2,1-3H3,(H,18,19). The maximum Gasteiger partial charge on any atom is 0.0722 e. The fourth-order valence-electron chi connectivity index (χ4n) is 2.24. The zero-order valence-corrected chi connectivity index (χ0v) is 12.5. The van der Waals surface area contributed by atoms with Crippen molar-refractivity contribution in [1.29, 1.82) is 0 Å². The minimum absolute atomic E-state index is 0.166. The summed E-state index contributed by atoms with van der Waals surface area (Å²) in [5.41, 5.74) is 2.32. The van der Waals surface area contributed by atoms with Crippen LogP contribution in [0.25, 0.3) is 10.9 Å². The summed E-state index contributed by atoms with van der Waals surface area (Å²) in [6.07, 6.45) is 2.80. The third-order valence-corrected chi connectivity index (χ3v) is 3.64. The number of hydrogen-bond donors (Lipinski definition) is 1. The van der Waals surface area contributed by atoms with E-state index in [-0.39, 0.29) is 5.41 Å². The second kappa shape index (κ2) is 5.79. The molecule has 2 aromatic rings. The van der Waals surface area contributed by atoms with Crippen molar-refractivity contribution >= 4 is 28.2 Å². The number of benzene rings is 1. The molecule has 0 amide bonds. The molecule has 0 bridgehead atoms. The van der Waals surface area contributed by atoms with E-state index in [2.05, 4.69) is 37.1 Å². The van der Waals surface area contributed by atoms with Crippen LogP contribution in [0.2, 0.25) is 0 Å². The molecule has 0 aliphatic heterocycles. The molecule has 1 atom stereocenters. The lowest BCUT2D eigenvalue weighted by atomic mass is 9.85. The maximum absolute atomic E-state index is 5.93. The fourth-order valence-corrected chi connectivity index (χ4v) is 2.46. The molecule has 1 aromatic carbocycles. The van der Waals surface area contributed by atoms with Gasteiger partial charge >= 0.3 is 0 Å². The molecule has 1 N–H and O–H groups in total. The number of pyridine rings is 1. The van der Waals surface area contributed by atoms with Crippen LogP contribution in [0, 0.1) is 5.41 Å². The highest BCUT2D eigenvalue weighted by atomic mass is 35.5. The van der Waals surface area contributed by atoms with Crippen LogP contribution in [-0.2, 0) is 0 Å². The van der Waals surface area contributed by atoms with Crippen molar-refractivity contribution in [3.63, 3.8) is 0 Å². The Morgan fingerprint density at radius 1 is 1.21 bits per heavy atom. The lowest BCUT2D eigenvalue weighted by Gasteiger charge is -2.32. The van der Waals surface area contributed by atoms with E-state index >= 15 is 0 Å². The van der Waals surface area contributed by atoms with Crippen molar-refractivity contribution < 1.29 is 0 Å². The summed E-state index contributed by atoms with van der Waals surface area (Å²) in [4.78, 5) is 4.39. The van der Waals surface area contributed by atoms with Gasteiger partial charge in [-0.2, -0.15) is 0 Å². The summed E-state index contributed by atoms with van der Waals surface area (Å²) < 4.78 is 0. The highest BCUT2D eigenvalue weighted by molar-refractivity contribution is 6.17. The lowest BCUT2D eigenvalue weighted by Crippen LogP contribution is -2.34. The number of nitrogens with one attached hydrogen (secondary N) is 1. The number of aromatic nitrogens is 1. The van der Waals surface area contributed by atoms with Crippen LogP contribution < -0.4 is 5.32 Å². The molecule has 0 saturated carbocycles. The van der Waals surface area contributed by atoms with Crippen LogP contribution in [-0.4, -0.2) is 16.9 Å². The molecular weight excluding hydrogens is 256 g/mol. The number of anilines is 1. The normalized spacial score (nSPS) is 13.5. The van der Waals surface area contributed by atoms with Crippen LogP contribution >= 0.6 is 11.6 Å². The molecule has 1 heterocycles. The molecule has 1 unspecified atom stereocenters. The average Bonchev–Trinajstić information content (AvgIpc) is 2.37. The Morgan fingerprint density at radius 3 is 2.63 bits per heavy atom. The van der Waals surface area contributed by atoms with Gasteiger partial charge in [-0.15, -0.1) is 11.6 Å². The first-order valence-electron chi connectivity index (χ1n) is 6.68. The SMILES string of the molecule is CC(C)(C)C(CCCl)Nc1ccnc2ccccc12. The van der Waals surface area contributed by atoms with Crippen LogP contribution in [0.1, 0.15) is 27.2 Å². The largest absolute Gasteiger partial charge is 0.381 e. The molecular formula is C16H21ClN2. The first-order chi connectivity index (χ1) is 9.02. The summed E-state index contributed by atoms with van der Waals surface area (Å²) in [5, 5.41) is 4.80. The van der Waals surface area contributed by atoms with E-state index in [0.29, 0.717) is 11.9 Å². The third-order valence-electron chi connectivity index (χ3n) is 3.42. The number of halogens is 1. The molecule has 0 fully saturated rings. The van der Waals surface area contributed by atoms with Gasteiger partial charge in [0.05, 0.1) is 5.52 Å². The Hall–Kier alpha value is -1.28. The lowest BCUT2D eigenvalue weighted by molar-refractivity contribution is 0.335. The predicted molar refractivity (Wildman–Crippen MR) is 83.9 cm³/mol. The van der Waals surface area contributed by atoms with Crippen molar-refractivity contribution in [2.24, 2.45) is 5.41 Å². The molecule has 1 aromatic heterocycles. The Labute approximate surface area is 120 Å². The molecule has 0 aliphatic rings. The number of hydrogen-bond acceptors (Lipinski definition) is 2. The smallest absolute Gasteiger partial charge is 0.0722 e. The van der Waals surface area contributed by atoms with Gasteiger partial charge in [0, 0.05) is 29.2 Å². The molecule has 0 spiro atoms. The second-order valence-electron chi connectivity index (χ2n) is 5.92. The maximum atomic E-state index is 5.93. The van der Waals surface area contributed by atoms with Crippen molar-refractivity contribution in [3.05, 3.63) is 36.5 Å². The van der Waals surface area contributed by atoms with E-state index in [9.17, 15) is 0 Å². The summed E-state index contributed by atoms with van der Waals surface area (Å²) in [7, 11) is 0. The van der Waals surface area contributed by atoms with Crippen LogP contribution in [0.4, 0.5) is 5.69 Å². The zero-order chi connectivity index (χ0) is 13.9. The van der Waals surface area contributed by atoms with Crippen molar-refractivity contribution in [3.8, 4) is 0 Å². The highest BCUT2D eigenvalue weighted by Gasteiger charge is 2.24. The third kappa shape index (κ3) is 3.38. The number of nitrogens with zero attached hydrogens (tertiary/aromatic N) is 1. The van der Waals surface area contributed by atoms with Crippen molar-refractivity contribution in [2.45, 2.75) is 33.2 Å². The minimum atomic E-state index is 0.166. The molecule has 2 rings (SSSR count). The summed E-state index contributed by atoms with van der Waals surface area (Å²) in [5.74, 6) is 0.665. The summed E-state index contributed by atoms with van der Waals surface area (Å²) in [6, 6.07) is 10.6. The van der Waals surface area contributed by atoms with Crippen molar-refractivity contribution in [1.82, 2.24) is 4.98 Å². The summed E-state index contributed by atoms with van der Waals surface area (Å²) in [6.45, 7) is 6.71. The first kappa shape index (κ1) is 14.1. The van der Waals surface area contributed by atoms with E-state index < -0.39 is 0 Å². The van der Waals surface area contributed by atoms with Crippen LogP contribution in [0.3, 0.4) is 0 Å². The predicted octanol–water partition coefficient (Wildman–Crippen LogP) is 4.69. The van der Waals surface area contributed by atoms with Gasteiger partial charge in [-0.1, -0.05) is 39.0 Å². The second-order valence-corrected chi connectivity index (χ2v) is 6.29. The highest BCUT2D eigenvalue weighted by Crippen LogP contribution is 2.29. The monoisotopic (exact) mass is 276 g/mol. The van der Waals surface area contributed by atoms with Gasteiger partial charge < -0.3 is 5.32 Å². The molecule has 3 heteroatoms. The molecule has 102 valence electrons. The van der Waals surface area contributed by atoms with Gasteiger partial charge in [0.25, 0.3) is 0 Å². The van der Waals surface area contributed by atoms with Gasteiger partial charge in [-0.25, -0.2) is 0 Å². The van der Waals surface area contributed by atoms with E-state index in [0.717, 1.165) is 23.0 Å². The van der Waals surface area contributed by atoms with Gasteiger partial charge in [0.2, 0.25) is 0 Å². The Balaban J connectivity index is 2.34. The van der Waals surface area contributed by atoms with Gasteiger partial charge in [-0.05, 0) is 24.0 Å². The van der Waals surface area contributed by atoms with E-state index in [1.807, 2.05) is 30.5 Å². The Kier molecular flexibility index (Phi) is 4.31. The molecule has 2 nitrogen and oxygen atoms in total. The number of rotatable bonds is 4. The zero-order valence-electron chi connectivity index (χ0n) is 11.8. The quantitative estimate of drug-likeness (QED) is 0.820. The van der Waals surface area contributed by atoms with E-state index in [1.165, 1.54) is 0 Å². The minimum Gasteiger partial charge on any atom is -0.381 e.